The summed E-state index contributed by atoms with van der Waals surface area (Å²) in [7, 11) is 0. The molecule has 0 saturated carbocycles. The van der Waals surface area contributed by atoms with Crippen molar-refractivity contribution in [2.45, 2.75) is 6.04 Å². The van der Waals surface area contributed by atoms with Crippen molar-refractivity contribution in [2.75, 3.05) is 43.1 Å². The Hall–Kier alpha value is -3.58. The van der Waals surface area contributed by atoms with Gasteiger partial charge in [0.2, 0.25) is 0 Å². The van der Waals surface area contributed by atoms with Gasteiger partial charge in [0.15, 0.2) is 11.5 Å². The lowest BCUT2D eigenvalue weighted by Crippen LogP contribution is -2.46. The van der Waals surface area contributed by atoms with E-state index in [1.165, 1.54) is 5.56 Å². The Labute approximate surface area is 181 Å². The van der Waals surface area contributed by atoms with Gasteiger partial charge in [-0.15, -0.1) is 0 Å². The first-order valence-corrected chi connectivity index (χ1v) is 10.5. The van der Waals surface area contributed by atoms with Gasteiger partial charge < -0.3 is 25.0 Å². The molecule has 3 heterocycles. The number of amides is 1. The normalized spacial score (nSPS) is 17.8. The van der Waals surface area contributed by atoms with E-state index in [1.807, 2.05) is 24.3 Å². The van der Waals surface area contributed by atoms with E-state index < -0.39 is 0 Å². The lowest BCUT2D eigenvalue weighted by molar-refractivity contribution is 0.102. The maximum atomic E-state index is 12.9. The zero-order valence-corrected chi connectivity index (χ0v) is 17.1. The topological polar surface area (TPSA) is 75.7 Å². The van der Waals surface area contributed by atoms with Gasteiger partial charge in [0.05, 0.1) is 0 Å². The number of anilines is 2. The average Bonchev–Trinajstić information content (AvgIpc) is 2.85. The van der Waals surface area contributed by atoms with Crippen molar-refractivity contribution in [3.63, 3.8) is 0 Å². The van der Waals surface area contributed by atoms with Gasteiger partial charge in [-0.1, -0.05) is 30.3 Å². The van der Waals surface area contributed by atoms with E-state index in [-0.39, 0.29) is 11.9 Å². The number of hydrogen-bond donors (Lipinski definition) is 2. The summed E-state index contributed by atoms with van der Waals surface area (Å²) in [5.74, 6) is 1.96. The average molecular weight is 416 g/mol. The van der Waals surface area contributed by atoms with Crippen molar-refractivity contribution in [3.05, 3.63) is 78.0 Å². The monoisotopic (exact) mass is 416 g/mol. The largest absolute Gasteiger partial charge is 0.486 e. The molecule has 1 fully saturated rings. The number of ether oxygens (including phenoxy) is 2. The maximum Gasteiger partial charge on any atom is 0.255 e. The maximum absolute atomic E-state index is 12.9. The Kier molecular flexibility index (Phi) is 5.41. The van der Waals surface area contributed by atoms with Crippen LogP contribution in [0.3, 0.4) is 0 Å². The van der Waals surface area contributed by atoms with Crippen LogP contribution in [-0.4, -0.2) is 43.7 Å². The number of piperazine rings is 1. The van der Waals surface area contributed by atoms with Gasteiger partial charge in [-0.2, -0.15) is 0 Å². The Balaban J connectivity index is 1.30. The fourth-order valence-electron chi connectivity index (χ4n) is 3.92. The third-order valence-corrected chi connectivity index (χ3v) is 5.51. The SMILES string of the molecule is O=C(Nc1ccc2c(c1)OCCO2)c1ccnc(N2CCN[C@H](c3ccccc3)C2)c1. The number of fused-ring (bicyclic) bond motifs is 1. The van der Waals surface area contributed by atoms with Crippen molar-refractivity contribution in [1.82, 2.24) is 10.3 Å². The molecule has 158 valence electrons. The number of carbonyl (C=O) groups is 1. The quantitative estimate of drug-likeness (QED) is 0.680. The summed E-state index contributed by atoms with van der Waals surface area (Å²) >= 11 is 0. The highest BCUT2D eigenvalue weighted by molar-refractivity contribution is 6.04. The second-order valence-corrected chi connectivity index (χ2v) is 7.58. The van der Waals surface area contributed by atoms with E-state index in [9.17, 15) is 4.79 Å². The predicted molar refractivity (Wildman–Crippen MR) is 119 cm³/mol. The zero-order chi connectivity index (χ0) is 21.0. The smallest absolute Gasteiger partial charge is 0.255 e. The highest BCUT2D eigenvalue weighted by Crippen LogP contribution is 2.32. The first-order valence-electron chi connectivity index (χ1n) is 10.5. The minimum atomic E-state index is -0.185. The molecule has 2 aliphatic rings. The zero-order valence-electron chi connectivity index (χ0n) is 17.1. The standard InChI is InChI=1S/C24H24N4O3/c29-24(27-19-6-7-21-22(15-19)31-13-12-30-21)18-8-9-26-23(14-18)28-11-10-25-20(16-28)17-4-2-1-3-5-17/h1-9,14-15,20,25H,10-13,16H2,(H,27,29)/t20-/m0/s1. The number of benzene rings is 2. The fraction of sp³-hybridized carbons (Fsp3) is 0.250. The van der Waals surface area contributed by atoms with Crippen LogP contribution in [0.2, 0.25) is 0 Å². The summed E-state index contributed by atoms with van der Waals surface area (Å²) in [6.07, 6.45) is 1.69. The molecule has 2 aromatic carbocycles. The fourth-order valence-corrected chi connectivity index (χ4v) is 3.92. The molecular weight excluding hydrogens is 392 g/mol. The van der Waals surface area contributed by atoms with Crippen LogP contribution < -0.4 is 25.0 Å². The number of carbonyl (C=O) groups excluding carboxylic acids is 1. The molecule has 3 aromatic rings. The summed E-state index contributed by atoms with van der Waals surface area (Å²) in [4.78, 5) is 19.6. The molecular formula is C24H24N4O3. The number of aromatic nitrogens is 1. The summed E-state index contributed by atoms with van der Waals surface area (Å²) in [5, 5.41) is 6.50. The second-order valence-electron chi connectivity index (χ2n) is 7.58. The van der Waals surface area contributed by atoms with Crippen molar-refractivity contribution >= 4 is 17.4 Å². The summed E-state index contributed by atoms with van der Waals surface area (Å²) in [5.41, 5.74) is 2.48. The Morgan fingerprint density at radius 2 is 1.87 bits per heavy atom. The molecule has 2 N–H and O–H groups in total. The minimum absolute atomic E-state index is 0.185. The molecule has 0 aliphatic carbocycles. The molecule has 31 heavy (non-hydrogen) atoms. The first kappa shape index (κ1) is 19.4. The van der Waals surface area contributed by atoms with Crippen LogP contribution in [0.5, 0.6) is 11.5 Å². The third-order valence-electron chi connectivity index (χ3n) is 5.51. The molecule has 5 rings (SSSR count). The molecule has 1 atom stereocenters. The minimum Gasteiger partial charge on any atom is -0.486 e. The molecule has 0 unspecified atom stereocenters. The van der Waals surface area contributed by atoms with Gasteiger partial charge in [-0.25, -0.2) is 4.98 Å². The van der Waals surface area contributed by atoms with Crippen molar-refractivity contribution in [1.29, 1.82) is 0 Å². The van der Waals surface area contributed by atoms with Gasteiger partial charge in [-0.3, -0.25) is 4.79 Å². The van der Waals surface area contributed by atoms with Gasteiger partial charge in [0.25, 0.3) is 5.91 Å². The van der Waals surface area contributed by atoms with E-state index in [2.05, 4.69) is 44.8 Å². The van der Waals surface area contributed by atoms with E-state index >= 15 is 0 Å². The highest BCUT2D eigenvalue weighted by atomic mass is 16.6. The number of pyridine rings is 1. The van der Waals surface area contributed by atoms with Crippen molar-refractivity contribution < 1.29 is 14.3 Å². The van der Waals surface area contributed by atoms with Crippen LogP contribution in [-0.2, 0) is 0 Å². The molecule has 1 saturated heterocycles. The second kappa shape index (κ2) is 8.65. The molecule has 1 aromatic heterocycles. The van der Waals surface area contributed by atoms with E-state index in [0.29, 0.717) is 36.0 Å². The van der Waals surface area contributed by atoms with Crippen LogP contribution in [0.1, 0.15) is 22.0 Å². The molecule has 2 aliphatic heterocycles. The molecule has 1 amide bonds. The van der Waals surface area contributed by atoms with Crippen LogP contribution in [0, 0.1) is 0 Å². The van der Waals surface area contributed by atoms with E-state index in [4.69, 9.17) is 9.47 Å². The van der Waals surface area contributed by atoms with Gasteiger partial charge in [-0.05, 0) is 29.8 Å². The van der Waals surface area contributed by atoms with Crippen LogP contribution >= 0.6 is 0 Å². The number of rotatable bonds is 4. The van der Waals surface area contributed by atoms with Crippen molar-refractivity contribution in [3.8, 4) is 11.5 Å². The lowest BCUT2D eigenvalue weighted by atomic mass is 10.0. The number of nitrogens with one attached hydrogen (secondary N) is 2. The molecule has 0 radical (unpaired) electrons. The van der Waals surface area contributed by atoms with Crippen LogP contribution in [0.25, 0.3) is 0 Å². The number of nitrogens with zero attached hydrogens (tertiary/aromatic N) is 2. The summed E-state index contributed by atoms with van der Waals surface area (Å²) in [6, 6.07) is 19.6. The predicted octanol–water partition coefficient (Wildman–Crippen LogP) is 3.26. The van der Waals surface area contributed by atoms with E-state index in [1.54, 1.807) is 18.3 Å². The van der Waals surface area contributed by atoms with Crippen LogP contribution in [0.4, 0.5) is 11.5 Å². The Bertz CT molecular complexity index is 1070. The third kappa shape index (κ3) is 4.32. The number of hydrogen-bond acceptors (Lipinski definition) is 6. The van der Waals surface area contributed by atoms with Crippen LogP contribution in [0.15, 0.2) is 66.9 Å². The molecule has 7 nitrogen and oxygen atoms in total. The first-order chi connectivity index (χ1) is 15.3. The Morgan fingerprint density at radius 3 is 2.74 bits per heavy atom. The van der Waals surface area contributed by atoms with Gasteiger partial charge in [0, 0.05) is 49.2 Å². The highest BCUT2D eigenvalue weighted by Gasteiger charge is 2.22. The van der Waals surface area contributed by atoms with Crippen molar-refractivity contribution in [2.24, 2.45) is 0 Å². The summed E-state index contributed by atoms with van der Waals surface area (Å²) < 4.78 is 11.1. The molecule has 0 spiro atoms. The Morgan fingerprint density at radius 1 is 1.03 bits per heavy atom. The van der Waals surface area contributed by atoms with Gasteiger partial charge in [0.1, 0.15) is 19.0 Å². The molecule has 7 heteroatoms. The van der Waals surface area contributed by atoms with E-state index in [0.717, 1.165) is 25.5 Å². The summed E-state index contributed by atoms with van der Waals surface area (Å²) in [6.45, 7) is 3.53. The van der Waals surface area contributed by atoms with Gasteiger partial charge >= 0.3 is 0 Å². The lowest BCUT2D eigenvalue weighted by Gasteiger charge is -2.34. The molecule has 0 bridgehead atoms.